The summed E-state index contributed by atoms with van der Waals surface area (Å²) < 4.78 is 14.2. The summed E-state index contributed by atoms with van der Waals surface area (Å²) in [5.41, 5.74) is 1.96. The molecule has 0 unspecified atom stereocenters. The number of halogens is 1. The van der Waals surface area contributed by atoms with Gasteiger partial charge in [0.15, 0.2) is 0 Å². The molecule has 3 aromatic rings. The maximum absolute atomic E-state index is 12.9. The SMILES string of the molecule is O=C(CN1CCC[C@H](c2nc3ccccc3s2)C1)NCc1ccc(F)cc1. The lowest BCUT2D eigenvalue weighted by atomic mass is 9.99. The minimum Gasteiger partial charge on any atom is -0.351 e. The molecule has 0 aliphatic carbocycles. The van der Waals surface area contributed by atoms with Crippen molar-refractivity contribution in [2.45, 2.75) is 25.3 Å². The van der Waals surface area contributed by atoms with Crippen LogP contribution in [0.2, 0.25) is 0 Å². The lowest BCUT2D eigenvalue weighted by Gasteiger charge is -2.31. The number of rotatable bonds is 5. The first-order chi connectivity index (χ1) is 13.2. The maximum Gasteiger partial charge on any atom is 0.234 e. The van der Waals surface area contributed by atoms with Gasteiger partial charge in [-0.05, 0) is 49.2 Å². The first-order valence-corrected chi connectivity index (χ1v) is 10.1. The molecule has 6 heteroatoms. The van der Waals surface area contributed by atoms with Crippen LogP contribution in [0, 0.1) is 5.82 Å². The highest BCUT2D eigenvalue weighted by molar-refractivity contribution is 7.18. The predicted molar refractivity (Wildman–Crippen MR) is 106 cm³/mol. The van der Waals surface area contributed by atoms with E-state index in [1.807, 2.05) is 12.1 Å². The van der Waals surface area contributed by atoms with Gasteiger partial charge < -0.3 is 5.32 Å². The lowest BCUT2D eigenvalue weighted by Crippen LogP contribution is -2.41. The van der Waals surface area contributed by atoms with Crippen LogP contribution in [0.4, 0.5) is 4.39 Å². The molecule has 27 heavy (non-hydrogen) atoms. The van der Waals surface area contributed by atoms with E-state index in [9.17, 15) is 9.18 Å². The van der Waals surface area contributed by atoms with E-state index in [0.717, 1.165) is 37.0 Å². The Morgan fingerprint density at radius 1 is 1.22 bits per heavy atom. The van der Waals surface area contributed by atoms with Gasteiger partial charge in [-0.2, -0.15) is 0 Å². The molecule has 0 radical (unpaired) electrons. The number of fused-ring (bicyclic) bond motifs is 1. The molecule has 1 aromatic heterocycles. The topological polar surface area (TPSA) is 45.2 Å². The Kier molecular flexibility index (Phi) is 5.45. The van der Waals surface area contributed by atoms with Crippen molar-refractivity contribution in [1.29, 1.82) is 0 Å². The highest BCUT2D eigenvalue weighted by atomic mass is 32.1. The molecule has 1 N–H and O–H groups in total. The number of amides is 1. The molecule has 1 aliphatic heterocycles. The first-order valence-electron chi connectivity index (χ1n) is 9.26. The fraction of sp³-hybridized carbons (Fsp3) is 0.333. The molecule has 0 saturated carbocycles. The summed E-state index contributed by atoms with van der Waals surface area (Å²) in [7, 11) is 0. The minimum absolute atomic E-state index is 0.00396. The third-order valence-electron chi connectivity index (χ3n) is 4.94. The van der Waals surface area contributed by atoms with Crippen molar-refractivity contribution in [2.24, 2.45) is 0 Å². The minimum atomic E-state index is -0.265. The Bertz CT molecular complexity index is 892. The number of carbonyl (C=O) groups excluding carboxylic acids is 1. The molecule has 1 aliphatic rings. The van der Waals surface area contributed by atoms with Gasteiger partial charge in [-0.1, -0.05) is 24.3 Å². The van der Waals surface area contributed by atoms with Crippen LogP contribution in [0.15, 0.2) is 48.5 Å². The molecule has 1 saturated heterocycles. The van der Waals surface area contributed by atoms with Gasteiger partial charge >= 0.3 is 0 Å². The quantitative estimate of drug-likeness (QED) is 0.726. The van der Waals surface area contributed by atoms with Crippen LogP contribution in [0.3, 0.4) is 0 Å². The van der Waals surface area contributed by atoms with Crippen molar-refractivity contribution in [2.75, 3.05) is 19.6 Å². The monoisotopic (exact) mass is 383 g/mol. The Labute approximate surface area is 162 Å². The van der Waals surface area contributed by atoms with E-state index >= 15 is 0 Å². The largest absolute Gasteiger partial charge is 0.351 e. The molecule has 0 bridgehead atoms. The number of piperidine rings is 1. The molecular weight excluding hydrogens is 361 g/mol. The van der Waals surface area contributed by atoms with Crippen molar-refractivity contribution in [3.05, 3.63) is 64.9 Å². The lowest BCUT2D eigenvalue weighted by molar-refractivity contribution is -0.122. The van der Waals surface area contributed by atoms with Crippen molar-refractivity contribution < 1.29 is 9.18 Å². The van der Waals surface area contributed by atoms with Crippen LogP contribution < -0.4 is 5.32 Å². The van der Waals surface area contributed by atoms with E-state index in [4.69, 9.17) is 4.98 Å². The van der Waals surface area contributed by atoms with E-state index in [0.29, 0.717) is 19.0 Å². The Hall–Kier alpha value is -2.31. The van der Waals surface area contributed by atoms with E-state index in [-0.39, 0.29) is 11.7 Å². The van der Waals surface area contributed by atoms with Crippen LogP contribution in [-0.2, 0) is 11.3 Å². The molecule has 2 heterocycles. The smallest absolute Gasteiger partial charge is 0.234 e. The van der Waals surface area contributed by atoms with Crippen LogP contribution in [-0.4, -0.2) is 35.4 Å². The summed E-state index contributed by atoms with van der Waals surface area (Å²) in [5.74, 6) is 0.129. The average molecular weight is 383 g/mol. The highest BCUT2D eigenvalue weighted by Crippen LogP contribution is 2.32. The highest BCUT2D eigenvalue weighted by Gasteiger charge is 2.25. The summed E-state index contributed by atoms with van der Waals surface area (Å²) >= 11 is 1.76. The number of likely N-dealkylation sites (tertiary alicyclic amines) is 1. The third-order valence-corrected chi connectivity index (χ3v) is 6.13. The molecule has 1 fully saturated rings. The second-order valence-electron chi connectivity index (χ2n) is 7.00. The number of nitrogens with zero attached hydrogens (tertiary/aromatic N) is 2. The summed E-state index contributed by atoms with van der Waals surface area (Å²) in [6.45, 7) is 2.62. The summed E-state index contributed by atoms with van der Waals surface area (Å²) in [5, 5.41) is 4.10. The number of hydrogen-bond donors (Lipinski definition) is 1. The zero-order valence-corrected chi connectivity index (χ0v) is 15.8. The van der Waals surface area contributed by atoms with Gasteiger partial charge in [0.2, 0.25) is 5.91 Å². The maximum atomic E-state index is 12.9. The third kappa shape index (κ3) is 4.51. The molecular formula is C21H22FN3OS. The molecule has 1 atom stereocenters. The Balaban J connectivity index is 1.32. The zero-order valence-electron chi connectivity index (χ0n) is 15.0. The molecule has 1 amide bonds. The Morgan fingerprint density at radius 3 is 2.85 bits per heavy atom. The second kappa shape index (κ2) is 8.15. The van der Waals surface area contributed by atoms with Gasteiger partial charge in [0.1, 0.15) is 5.82 Å². The van der Waals surface area contributed by atoms with Gasteiger partial charge in [0.05, 0.1) is 21.8 Å². The number of para-hydroxylation sites is 1. The molecule has 4 rings (SSSR count). The summed E-state index contributed by atoms with van der Waals surface area (Å²) in [4.78, 5) is 19.3. The standard InChI is InChI=1S/C21H22FN3OS/c22-17-9-7-15(8-10-17)12-23-20(26)14-25-11-3-4-16(13-25)21-24-18-5-1-2-6-19(18)27-21/h1-2,5-10,16H,3-4,11-14H2,(H,23,26)/t16-/m0/s1. The fourth-order valence-corrected chi connectivity index (χ4v) is 4.62. The van der Waals surface area contributed by atoms with E-state index in [1.54, 1.807) is 23.5 Å². The molecule has 140 valence electrons. The van der Waals surface area contributed by atoms with Crippen molar-refractivity contribution in [1.82, 2.24) is 15.2 Å². The van der Waals surface area contributed by atoms with Crippen LogP contribution in [0.1, 0.15) is 29.3 Å². The molecule has 0 spiro atoms. The molecule has 2 aromatic carbocycles. The van der Waals surface area contributed by atoms with Crippen LogP contribution >= 0.6 is 11.3 Å². The van der Waals surface area contributed by atoms with Crippen molar-refractivity contribution in [3.63, 3.8) is 0 Å². The van der Waals surface area contributed by atoms with Gasteiger partial charge in [0, 0.05) is 19.0 Å². The molecule has 4 nitrogen and oxygen atoms in total. The Morgan fingerprint density at radius 2 is 2.04 bits per heavy atom. The normalized spacial score (nSPS) is 17.9. The van der Waals surface area contributed by atoms with Crippen molar-refractivity contribution >= 4 is 27.5 Å². The number of carbonyl (C=O) groups is 1. The first kappa shape index (κ1) is 18.1. The number of benzene rings is 2. The van der Waals surface area contributed by atoms with E-state index in [2.05, 4.69) is 22.3 Å². The number of nitrogens with one attached hydrogen (secondary N) is 1. The predicted octanol–water partition coefficient (Wildman–Crippen LogP) is 3.93. The van der Waals surface area contributed by atoms with Crippen LogP contribution in [0.5, 0.6) is 0 Å². The van der Waals surface area contributed by atoms with Gasteiger partial charge in [-0.15, -0.1) is 11.3 Å². The second-order valence-corrected chi connectivity index (χ2v) is 8.06. The van der Waals surface area contributed by atoms with Gasteiger partial charge in [-0.25, -0.2) is 9.37 Å². The van der Waals surface area contributed by atoms with E-state index < -0.39 is 0 Å². The summed E-state index contributed by atoms with van der Waals surface area (Å²) in [6, 6.07) is 14.4. The van der Waals surface area contributed by atoms with Gasteiger partial charge in [0.25, 0.3) is 0 Å². The fourth-order valence-electron chi connectivity index (χ4n) is 3.53. The van der Waals surface area contributed by atoms with Gasteiger partial charge in [-0.3, -0.25) is 9.69 Å². The van der Waals surface area contributed by atoms with E-state index in [1.165, 1.54) is 21.8 Å². The average Bonchev–Trinajstić information content (AvgIpc) is 3.12. The summed E-state index contributed by atoms with van der Waals surface area (Å²) in [6.07, 6.45) is 2.19. The zero-order chi connectivity index (χ0) is 18.6. The number of hydrogen-bond acceptors (Lipinski definition) is 4. The number of aromatic nitrogens is 1. The number of thiazole rings is 1. The van der Waals surface area contributed by atoms with Crippen molar-refractivity contribution in [3.8, 4) is 0 Å². The van der Waals surface area contributed by atoms with Crippen LogP contribution in [0.25, 0.3) is 10.2 Å².